The largest absolute Gasteiger partial charge is 0.332 e. The first kappa shape index (κ1) is 11.0. The van der Waals surface area contributed by atoms with Crippen LogP contribution >= 0.6 is 15.9 Å². The normalized spacial score (nSPS) is 10.9. The molecule has 0 saturated heterocycles. The van der Waals surface area contributed by atoms with Crippen molar-refractivity contribution in [1.29, 1.82) is 0 Å². The maximum Gasteiger partial charge on any atom is 0.332 e. The second-order valence-corrected chi connectivity index (χ2v) is 3.93. The Kier molecular flexibility index (Phi) is 2.63. The lowest BCUT2D eigenvalue weighted by molar-refractivity contribution is 0.703. The molecular weight excluding hydrogens is 276 g/mol. The highest BCUT2D eigenvalue weighted by Crippen LogP contribution is 2.05. The van der Waals surface area contributed by atoms with Gasteiger partial charge in [-0.2, -0.15) is 0 Å². The molecule has 7 heteroatoms. The van der Waals surface area contributed by atoms with Gasteiger partial charge in [-0.25, -0.2) is 14.8 Å². The molecule has 0 aliphatic carbocycles. The van der Waals surface area contributed by atoms with E-state index in [0.29, 0.717) is 16.7 Å². The summed E-state index contributed by atoms with van der Waals surface area (Å²) in [5, 5.41) is 0.527. The molecule has 0 unspecified atom stereocenters. The molecule has 2 heterocycles. The number of aromatic nitrogens is 4. The predicted molar refractivity (Wildman–Crippen MR) is 62.7 cm³/mol. The van der Waals surface area contributed by atoms with Crippen molar-refractivity contribution in [1.82, 2.24) is 19.1 Å². The van der Waals surface area contributed by atoms with Gasteiger partial charge in [0.2, 0.25) is 0 Å². The Morgan fingerprint density at radius 1 is 1.31 bits per heavy atom. The van der Waals surface area contributed by atoms with E-state index in [1.165, 1.54) is 17.8 Å². The van der Waals surface area contributed by atoms with Gasteiger partial charge >= 0.3 is 5.69 Å². The van der Waals surface area contributed by atoms with Crippen molar-refractivity contribution in [2.75, 3.05) is 0 Å². The Balaban J connectivity index is 3.03. The number of hydrogen-bond donors (Lipinski definition) is 0. The molecule has 2 rings (SSSR count). The molecule has 16 heavy (non-hydrogen) atoms. The van der Waals surface area contributed by atoms with Crippen molar-refractivity contribution >= 4 is 27.1 Å². The Morgan fingerprint density at radius 3 is 2.62 bits per heavy atom. The van der Waals surface area contributed by atoms with Gasteiger partial charge in [0.05, 0.1) is 11.9 Å². The van der Waals surface area contributed by atoms with Crippen LogP contribution in [0.5, 0.6) is 0 Å². The molecule has 0 aliphatic rings. The lowest BCUT2D eigenvalue weighted by Gasteiger charge is -2.06. The Morgan fingerprint density at radius 2 is 2.00 bits per heavy atom. The third-order valence-electron chi connectivity index (χ3n) is 2.34. The van der Waals surface area contributed by atoms with Crippen molar-refractivity contribution in [3.05, 3.63) is 32.7 Å². The molecular formula is C9H9BrN4O2. The first-order valence-corrected chi connectivity index (χ1v) is 5.66. The minimum absolute atomic E-state index is 0.203. The second kappa shape index (κ2) is 3.82. The fraction of sp³-hybridized carbons (Fsp3) is 0.333. The van der Waals surface area contributed by atoms with Crippen molar-refractivity contribution in [2.45, 2.75) is 5.33 Å². The summed E-state index contributed by atoms with van der Waals surface area (Å²) in [4.78, 5) is 31.6. The van der Waals surface area contributed by atoms with Crippen LogP contribution in [0.25, 0.3) is 11.2 Å². The van der Waals surface area contributed by atoms with E-state index >= 15 is 0 Å². The van der Waals surface area contributed by atoms with Gasteiger partial charge in [-0.15, -0.1) is 0 Å². The van der Waals surface area contributed by atoms with Crippen LogP contribution in [0.2, 0.25) is 0 Å². The van der Waals surface area contributed by atoms with Gasteiger partial charge in [0, 0.05) is 19.4 Å². The van der Waals surface area contributed by atoms with Crippen molar-refractivity contribution < 1.29 is 0 Å². The van der Waals surface area contributed by atoms with Gasteiger partial charge in [-0.05, 0) is 0 Å². The minimum atomic E-state index is -0.424. The lowest BCUT2D eigenvalue weighted by atomic mass is 10.4. The number of hydrogen-bond acceptors (Lipinski definition) is 4. The van der Waals surface area contributed by atoms with Gasteiger partial charge in [-0.1, -0.05) is 15.9 Å². The zero-order valence-corrected chi connectivity index (χ0v) is 10.4. The van der Waals surface area contributed by atoms with Crippen LogP contribution in [0.15, 0.2) is 15.8 Å². The van der Waals surface area contributed by atoms with E-state index in [1.54, 1.807) is 7.05 Å². The zero-order chi connectivity index (χ0) is 11.9. The highest BCUT2D eigenvalue weighted by atomic mass is 79.9. The molecule has 0 radical (unpaired) electrons. The molecule has 0 aliphatic heterocycles. The Bertz CT molecular complexity index is 673. The van der Waals surface area contributed by atoms with Crippen LogP contribution in [0, 0.1) is 0 Å². The second-order valence-electron chi connectivity index (χ2n) is 3.37. The van der Waals surface area contributed by atoms with Crippen LogP contribution < -0.4 is 11.2 Å². The molecule has 6 nitrogen and oxygen atoms in total. The fourth-order valence-electron chi connectivity index (χ4n) is 1.43. The maximum absolute atomic E-state index is 11.7. The Hall–Kier alpha value is -1.50. The molecule has 0 N–H and O–H groups in total. The highest BCUT2D eigenvalue weighted by molar-refractivity contribution is 9.08. The molecule has 0 saturated carbocycles. The average Bonchev–Trinajstić information content (AvgIpc) is 2.33. The topological polar surface area (TPSA) is 69.8 Å². The van der Waals surface area contributed by atoms with E-state index < -0.39 is 11.2 Å². The van der Waals surface area contributed by atoms with Crippen LogP contribution in [-0.4, -0.2) is 19.1 Å². The van der Waals surface area contributed by atoms with Gasteiger partial charge in [0.15, 0.2) is 11.2 Å². The number of alkyl halides is 1. The molecule has 0 bridgehead atoms. The summed E-state index contributed by atoms with van der Waals surface area (Å²) in [5.41, 5.74) is 0.361. The van der Waals surface area contributed by atoms with E-state index in [-0.39, 0.29) is 5.52 Å². The number of aryl methyl sites for hydroxylation is 1. The third-order valence-corrected chi connectivity index (χ3v) is 2.91. The minimum Gasteiger partial charge on any atom is -0.279 e. The first-order chi connectivity index (χ1) is 7.56. The van der Waals surface area contributed by atoms with Crippen molar-refractivity contribution in [3.63, 3.8) is 0 Å². The van der Waals surface area contributed by atoms with Gasteiger partial charge in [0.25, 0.3) is 5.56 Å². The molecule has 0 fully saturated rings. The smallest absolute Gasteiger partial charge is 0.279 e. The summed E-state index contributed by atoms with van der Waals surface area (Å²) >= 11 is 3.25. The molecule has 0 amide bonds. The number of fused-ring (bicyclic) bond motifs is 1. The average molecular weight is 285 g/mol. The van der Waals surface area contributed by atoms with Crippen LogP contribution in [0.1, 0.15) is 5.69 Å². The predicted octanol–water partition coefficient (Wildman–Crippen LogP) is -0.0779. The van der Waals surface area contributed by atoms with Gasteiger partial charge in [-0.3, -0.25) is 13.9 Å². The molecule has 0 atom stereocenters. The number of nitrogens with zero attached hydrogens (tertiary/aromatic N) is 4. The zero-order valence-electron chi connectivity index (χ0n) is 8.77. The maximum atomic E-state index is 11.7. The lowest BCUT2D eigenvalue weighted by Crippen LogP contribution is -2.37. The summed E-state index contributed by atoms with van der Waals surface area (Å²) < 4.78 is 2.33. The van der Waals surface area contributed by atoms with Gasteiger partial charge < -0.3 is 0 Å². The van der Waals surface area contributed by atoms with Crippen molar-refractivity contribution in [3.8, 4) is 0 Å². The summed E-state index contributed by atoms with van der Waals surface area (Å²) in [5.74, 6) is 0. The first-order valence-electron chi connectivity index (χ1n) is 4.54. The standard InChI is InChI=1S/C9H9BrN4O2/c1-13-7-6(8(15)14(2)9(13)16)11-4-5(3-10)12-7/h4H,3H2,1-2H3. The molecule has 0 aromatic carbocycles. The van der Waals surface area contributed by atoms with Crippen molar-refractivity contribution in [2.24, 2.45) is 14.1 Å². The summed E-state index contributed by atoms with van der Waals surface area (Å²) in [6.45, 7) is 0. The van der Waals surface area contributed by atoms with Crippen LogP contribution in [0.3, 0.4) is 0 Å². The highest BCUT2D eigenvalue weighted by Gasteiger charge is 2.10. The molecule has 0 spiro atoms. The van der Waals surface area contributed by atoms with E-state index in [0.717, 1.165) is 4.57 Å². The monoisotopic (exact) mass is 284 g/mol. The fourth-order valence-corrected chi connectivity index (χ4v) is 1.70. The molecule has 2 aromatic heterocycles. The van der Waals surface area contributed by atoms with Gasteiger partial charge in [0.1, 0.15) is 0 Å². The summed E-state index contributed by atoms with van der Waals surface area (Å²) in [6.07, 6.45) is 1.52. The molecule has 2 aromatic rings. The van der Waals surface area contributed by atoms with E-state index in [9.17, 15) is 9.59 Å². The van der Waals surface area contributed by atoms with Crippen LogP contribution in [-0.2, 0) is 19.4 Å². The third kappa shape index (κ3) is 1.47. The van der Waals surface area contributed by atoms with E-state index in [1.807, 2.05) is 0 Å². The number of halogens is 1. The SMILES string of the molecule is Cn1c(=O)c2ncc(CBr)nc2n(C)c1=O. The van der Waals surface area contributed by atoms with E-state index in [2.05, 4.69) is 25.9 Å². The molecule has 84 valence electrons. The van der Waals surface area contributed by atoms with Crippen LogP contribution in [0.4, 0.5) is 0 Å². The quantitative estimate of drug-likeness (QED) is 0.687. The summed E-state index contributed by atoms with van der Waals surface area (Å²) in [7, 11) is 2.99. The number of rotatable bonds is 1. The Labute approximate surface area is 98.7 Å². The van der Waals surface area contributed by atoms with E-state index in [4.69, 9.17) is 0 Å². The summed E-state index contributed by atoms with van der Waals surface area (Å²) in [6, 6.07) is 0.